The minimum atomic E-state index is -0.225. The van der Waals surface area contributed by atoms with Crippen LogP contribution in [0.1, 0.15) is 39.0 Å². The first-order chi connectivity index (χ1) is 8.66. The van der Waals surface area contributed by atoms with Crippen LogP contribution in [-0.2, 0) is 9.59 Å². The summed E-state index contributed by atoms with van der Waals surface area (Å²) < 4.78 is 0. The van der Waals surface area contributed by atoms with Crippen molar-refractivity contribution in [3.63, 3.8) is 0 Å². The third-order valence-electron chi connectivity index (χ3n) is 4.05. The number of hydrogen-bond acceptors (Lipinski definition) is 3. The van der Waals surface area contributed by atoms with Crippen LogP contribution in [0.5, 0.6) is 0 Å². The molecule has 5 heteroatoms. The standard InChI is InChI=1S/C13H23N3O2/c1-2-5-13(6-7-14-9-13)12(18)15-8-10-3-4-11(17)16-10/h10,14H,2-9H2,1H3,(H,15,18)(H,16,17). The molecule has 0 aromatic carbocycles. The highest BCUT2D eigenvalue weighted by Gasteiger charge is 2.40. The molecule has 0 aromatic rings. The van der Waals surface area contributed by atoms with Gasteiger partial charge >= 0.3 is 0 Å². The van der Waals surface area contributed by atoms with E-state index >= 15 is 0 Å². The molecule has 2 rings (SSSR count). The molecule has 0 bridgehead atoms. The van der Waals surface area contributed by atoms with Crippen molar-refractivity contribution < 1.29 is 9.59 Å². The fourth-order valence-corrected chi connectivity index (χ4v) is 2.98. The number of carbonyl (C=O) groups is 2. The summed E-state index contributed by atoms with van der Waals surface area (Å²) in [6, 6.07) is 0.120. The van der Waals surface area contributed by atoms with Gasteiger partial charge in [0.05, 0.1) is 5.41 Å². The lowest BCUT2D eigenvalue weighted by molar-refractivity contribution is -0.130. The highest BCUT2D eigenvalue weighted by molar-refractivity contribution is 5.83. The SMILES string of the molecule is CCCC1(C(=O)NCC2CCC(=O)N2)CCNC1. The Morgan fingerprint density at radius 1 is 1.56 bits per heavy atom. The maximum absolute atomic E-state index is 12.3. The molecule has 0 aliphatic carbocycles. The van der Waals surface area contributed by atoms with Crippen LogP contribution in [0.2, 0.25) is 0 Å². The molecule has 0 radical (unpaired) electrons. The molecule has 2 fully saturated rings. The summed E-state index contributed by atoms with van der Waals surface area (Å²) in [5.41, 5.74) is -0.225. The second-order valence-corrected chi connectivity index (χ2v) is 5.47. The Bertz CT molecular complexity index is 324. The van der Waals surface area contributed by atoms with Crippen molar-refractivity contribution in [1.29, 1.82) is 0 Å². The van der Waals surface area contributed by atoms with Crippen LogP contribution < -0.4 is 16.0 Å². The van der Waals surface area contributed by atoms with Gasteiger partial charge in [-0.2, -0.15) is 0 Å². The zero-order valence-corrected chi connectivity index (χ0v) is 11.1. The molecule has 3 N–H and O–H groups in total. The predicted octanol–water partition coefficient (Wildman–Crippen LogP) is 0.161. The van der Waals surface area contributed by atoms with Crippen molar-refractivity contribution in [3.8, 4) is 0 Å². The van der Waals surface area contributed by atoms with Crippen molar-refractivity contribution in [2.24, 2.45) is 5.41 Å². The van der Waals surface area contributed by atoms with Crippen LogP contribution in [0.4, 0.5) is 0 Å². The van der Waals surface area contributed by atoms with E-state index in [1.54, 1.807) is 0 Å². The van der Waals surface area contributed by atoms with E-state index in [2.05, 4.69) is 22.9 Å². The second kappa shape index (κ2) is 5.69. The van der Waals surface area contributed by atoms with Gasteiger partial charge in [-0.3, -0.25) is 9.59 Å². The average molecular weight is 253 g/mol. The zero-order valence-electron chi connectivity index (χ0n) is 11.1. The predicted molar refractivity (Wildman–Crippen MR) is 69.0 cm³/mol. The summed E-state index contributed by atoms with van der Waals surface area (Å²) in [5.74, 6) is 0.246. The van der Waals surface area contributed by atoms with Gasteiger partial charge in [0.1, 0.15) is 0 Å². The number of rotatable bonds is 5. The number of hydrogen-bond donors (Lipinski definition) is 3. The van der Waals surface area contributed by atoms with Crippen LogP contribution in [0.15, 0.2) is 0 Å². The Morgan fingerprint density at radius 2 is 2.39 bits per heavy atom. The van der Waals surface area contributed by atoms with Gasteiger partial charge in [-0.1, -0.05) is 13.3 Å². The van der Waals surface area contributed by atoms with Gasteiger partial charge in [0, 0.05) is 25.6 Å². The summed E-state index contributed by atoms with van der Waals surface area (Å²) in [7, 11) is 0. The summed E-state index contributed by atoms with van der Waals surface area (Å²) in [6.07, 6.45) is 4.29. The Morgan fingerprint density at radius 3 is 2.94 bits per heavy atom. The summed E-state index contributed by atoms with van der Waals surface area (Å²) in [5, 5.41) is 9.18. The fourth-order valence-electron chi connectivity index (χ4n) is 2.98. The third-order valence-corrected chi connectivity index (χ3v) is 4.05. The van der Waals surface area contributed by atoms with Crippen molar-refractivity contribution in [2.45, 2.75) is 45.1 Å². The lowest BCUT2D eigenvalue weighted by atomic mass is 9.81. The van der Waals surface area contributed by atoms with E-state index in [9.17, 15) is 9.59 Å². The van der Waals surface area contributed by atoms with E-state index in [-0.39, 0.29) is 23.3 Å². The molecule has 2 amide bonds. The van der Waals surface area contributed by atoms with Crippen molar-refractivity contribution in [2.75, 3.05) is 19.6 Å². The second-order valence-electron chi connectivity index (χ2n) is 5.47. The van der Waals surface area contributed by atoms with Crippen LogP contribution >= 0.6 is 0 Å². The molecule has 18 heavy (non-hydrogen) atoms. The Balaban J connectivity index is 1.84. The van der Waals surface area contributed by atoms with E-state index in [0.717, 1.165) is 38.8 Å². The molecule has 0 spiro atoms. The van der Waals surface area contributed by atoms with Crippen LogP contribution in [-0.4, -0.2) is 37.5 Å². The van der Waals surface area contributed by atoms with Gasteiger partial charge < -0.3 is 16.0 Å². The molecule has 2 aliphatic heterocycles. The molecule has 2 saturated heterocycles. The van der Waals surface area contributed by atoms with Crippen LogP contribution in [0, 0.1) is 5.41 Å². The Labute approximate surface area is 108 Å². The number of nitrogens with one attached hydrogen (secondary N) is 3. The first kappa shape index (κ1) is 13.3. The molecule has 2 atom stereocenters. The molecule has 0 aromatic heterocycles. The normalized spacial score (nSPS) is 31.4. The smallest absolute Gasteiger partial charge is 0.227 e. The van der Waals surface area contributed by atoms with Crippen molar-refractivity contribution >= 4 is 11.8 Å². The quantitative estimate of drug-likeness (QED) is 0.654. The summed E-state index contributed by atoms with van der Waals surface area (Å²) in [6.45, 7) is 4.39. The largest absolute Gasteiger partial charge is 0.354 e. The molecule has 2 unspecified atom stereocenters. The first-order valence-corrected chi connectivity index (χ1v) is 6.95. The van der Waals surface area contributed by atoms with Gasteiger partial charge in [-0.25, -0.2) is 0 Å². The van der Waals surface area contributed by atoms with E-state index < -0.39 is 0 Å². The molecule has 5 nitrogen and oxygen atoms in total. The summed E-state index contributed by atoms with van der Waals surface area (Å²) >= 11 is 0. The number of carbonyl (C=O) groups excluding carboxylic acids is 2. The number of amides is 2. The summed E-state index contributed by atoms with van der Waals surface area (Å²) in [4.78, 5) is 23.4. The highest BCUT2D eigenvalue weighted by atomic mass is 16.2. The molecule has 2 aliphatic rings. The minimum absolute atomic E-state index is 0.0973. The van der Waals surface area contributed by atoms with Crippen LogP contribution in [0.25, 0.3) is 0 Å². The first-order valence-electron chi connectivity index (χ1n) is 6.95. The molecular weight excluding hydrogens is 230 g/mol. The maximum Gasteiger partial charge on any atom is 0.227 e. The Hall–Kier alpha value is -1.10. The lowest BCUT2D eigenvalue weighted by Gasteiger charge is -2.27. The van der Waals surface area contributed by atoms with E-state index in [1.807, 2.05) is 0 Å². The van der Waals surface area contributed by atoms with Crippen LogP contribution in [0.3, 0.4) is 0 Å². The zero-order chi connectivity index (χ0) is 13.0. The minimum Gasteiger partial charge on any atom is -0.354 e. The fraction of sp³-hybridized carbons (Fsp3) is 0.846. The highest BCUT2D eigenvalue weighted by Crippen LogP contribution is 2.31. The Kier molecular flexibility index (Phi) is 4.22. The monoisotopic (exact) mass is 253 g/mol. The molecule has 0 saturated carbocycles. The average Bonchev–Trinajstić information content (AvgIpc) is 2.97. The van der Waals surface area contributed by atoms with E-state index in [1.165, 1.54) is 0 Å². The third kappa shape index (κ3) is 2.83. The molecule has 102 valence electrons. The van der Waals surface area contributed by atoms with Crippen molar-refractivity contribution in [1.82, 2.24) is 16.0 Å². The topological polar surface area (TPSA) is 70.2 Å². The van der Waals surface area contributed by atoms with E-state index in [0.29, 0.717) is 13.0 Å². The molecule has 2 heterocycles. The molecular formula is C13H23N3O2. The van der Waals surface area contributed by atoms with Gasteiger partial charge in [0.25, 0.3) is 0 Å². The van der Waals surface area contributed by atoms with Crippen molar-refractivity contribution in [3.05, 3.63) is 0 Å². The van der Waals surface area contributed by atoms with Gasteiger partial charge in [0.15, 0.2) is 0 Å². The van der Waals surface area contributed by atoms with Gasteiger partial charge in [-0.05, 0) is 25.8 Å². The van der Waals surface area contributed by atoms with Gasteiger partial charge in [0.2, 0.25) is 11.8 Å². The van der Waals surface area contributed by atoms with E-state index in [4.69, 9.17) is 0 Å². The maximum atomic E-state index is 12.3. The van der Waals surface area contributed by atoms with Gasteiger partial charge in [-0.15, -0.1) is 0 Å². The lowest BCUT2D eigenvalue weighted by Crippen LogP contribution is -2.46.